The molecule has 4 heteroatoms. The number of rotatable bonds is 4. The third-order valence-corrected chi connectivity index (χ3v) is 3.17. The highest BCUT2D eigenvalue weighted by Gasteiger charge is 2.08. The third-order valence-electron chi connectivity index (χ3n) is 2.65. The van der Waals surface area contributed by atoms with Crippen LogP contribution in [0.2, 0.25) is 0 Å². The SMILES string of the molecule is N#Cc1ccc(C(O)COc2ccc(Br)cc2)cc1. The molecular formula is C15H12BrNO2. The second kappa shape index (κ2) is 6.37. The van der Waals surface area contributed by atoms with Gasteiger partial charge in [0.05, 0.1) is 11.6 Å². The van der Waals surface area contributed by atoms with Crippen LogP contribution in [0.5, 0.6) is 5.75 Å². The average Bonchev–Trinajstić information content (AvgIpc) is 2.46. The summed E-state index contributed by atoms with van der Waals surface area (Å²) in [7, 11) is 0. The van der Waals surface area contributed by atoms with Crippen LogP contribution >= 0.6 is 15.9 Å². The summed E-state index contributed by atoms with van der Waals surface area (Å²) in [5, 5.41) is 18.7. The lowest BCUT2D eigenvalue weighted by Gasteiger charge is -2.12. The predicted molar refractivity (Wildman–Crippen MR) is 75.8 cm³/mol. The largest absolute Gasteiger partial charge is 0.491 e. The summed E-state index contributed by atoms with van der Waals surface area (Å²) in [5.74, 6) is 0.705. The van der Waals surface area contributed by atoms with E-state index in [1.165, 1.54) is 0 Å². The Hall–Kier alpha value is -1.83. The number of aliphatic hydroxyl groups is 1. The van der Waals surface area contributed by atoms with Crippen LogP contribution in [0.1, 0.15) is 17.2 Å². The molecule has 1 atom stereocenters. The average molecular weight is 318 g/mol. The van der Waals surface area contributed by atoms with E-state index in [1.54, 1.807) is 24.3 Å². The molecule has 2 aromatic rings. The van der Waals surface area contributed by atoms with Crippen molar-refractivity contribution in [2.24, 2.45) is 0 Å². The van der Waals surface area contributed by atoms with Gasteiger partial charge in [-0.05, 0) is 42.0 Å². The van der Waals surface area contributed by atoms with Crippen LogP contribution < -0.4 is 4.74 Å². The van der Waals surface area contributed by atoms with Crippen LogP contribution in [0.4, 0.5) is 0 Å². The number of benzene rings is 2. The fourth-order valence-electron chi connectivity index (χ4n) is 1.58. The highest BCUT2D eigenvalue weighted by molar-refractivity contribution is 9.10. The Morgan fingerprint density at radius 1 is 1.11 bits per heavy atom. The summed E-state index contributed by atoms with van der Waals surface area (Å²) in [5.41, 5.74) is 1.31. The lowest BCUT2D eigenvalue weighted by atomic mass is 10.1. The Labute approximate surface area is 120 Å². The quantitative estimate of drug-likeness (QED) is 0.939. The molecular weight excluding hydrogens is 306 g/mol. The Morgan fingerprint density at radius 3 is 2.32 bits per heavy atom. The zero-order chi connectivity index (χ0) is 13.7. The standard InChI is InChI=1S/C15H12BrNO2/c16-13-5-7-14(8-6-13)19-10-15(18)12-3-1-11(9-17)2-4-12/h1-8,15,18H,10H2. The molecule has 3 nitrogen and oxygen atoms in total. The van der Waals surface area contributed by atoms with Gasteiger partial charge in [0.25, 0.3) is 0 Å². The van der Waals surface area contributed by atoms with Crippen molar-refractivity contribution in [3.05, 3.63) is 64.1 Å². The second-order valence-corrected chi connectivity index (χ2v) is 4.93. The van der Waals surface area contributed by atoms with Gasteiger partial charge in [-0.2, -0.15) is 5.26 Å². The summed E-state index contributed by atoms with van der Waals surface area (Å²) in [6.45, 7) is 0.174. The molecule has 0 aliphatic rings. The molecule has 96 valence electrons. The smallest absolute Gasteiger partial charge is 0.119 e. The molecule has 0 saturated heterocycles. The monoisotopic (exact) mass is 317 g/mol. The van der Waals surface area contributed by atoms with Gasteiger partial charge in [0, 0.05) is 4.47 Å². The first-order valence-corrected chi connectivity index (χ1v) is 6.55. The highest BCUT2D eigenvalue weighted by atomic mass is 79.9. The Kier molecular flexibility index (Phi) is 4.56. The zero-order valence-electron chi connectivity index (χ0n) is 10.1. The molecule has 1 unspecified atom stereocenters. The van der Waals surface area contributed by atoms with Gasteiger partial charge in [-0.15, -0.1) is 0 Å². The van der Waals surface area contributed by atoms with Gasteiger partial charge in [0.15, 0.2) is 0 Å². The van der Waals surface area contributed by atoms with Crippen molar-refractivity contribution in [3.8, 4) is 11.8 Å². The maximum absolute atomic E-state index is 9.98. The van der Waals surface area contributed by atoms with E-state index >= 15 is 0 Å². The maximum atomic E-state index is 9.98. The van der Waals surface area contributed by atoms with Crippen LogP contribution in [0.15, 0.2) is 53.0 Å². The molecule has 2 aromatic carbocycles. The molecule has 0 fully saturated rings. The number of halogens is 1. The van der Waals surface area contributed by atoms with Crippen molar-refractivity contribution in [2.45, 2.75) is 6.10 Å². The van der Waals surface area contributed by atoms with E-state index < -0.39 is 6.10 Å². The molecule has 0 aromatic heterocycles. The van der Waals surface area contributed by atoms with Crippen molar-refractivity contribution in [3.63, 3.8) is 0 Å². The summed E-state index contributed by atoms with van der Waals surface area (Å²) in [6.07, 6.45) is -0.712. The molecule has 0 bridgehead atoms. The molecule has 0 aliphatic heterocycles. The van der Waals surface area contributed by atoms with E-state index in [1.807, 2.05) is 30.3 Å². The van der Waals surface area contributed by atoms with Crippen molar-refractivity contribution >= 4 is 15.9 Å². The molecule has 2 rings (SSSR count). The Balaban J connectivity index is 1.95. The van der Waals surface area contributed by atoms with Crippen molar-refractivity contribution in [2.75, 3.05) is 6.61 Å². The van der Waals surface area contributed by atoms with Gasteiger partial charge in [-0.3, -0.25) is 0 Å². The fraction of sp³-hybridized carbons (Fsp3) is 0.133. The van der Waals surface area contributed by atoms with E-state index in [4.69, 9.17) is 10.00 Å². The van der Waals surface area contributed by atoms with Crippen LogP contribution in [-0.2, 0) is 0 Å². The molecule has 0 spiro atoms. The number of nitrogens with zero attached hydrogens (tertiary/aromatic N) is 1. The van der Waals surface area contributed by atoms with Crippen LogP contribution in [0, 0.1) is 11.3 Å². The molecule has 0 saturated carbocycles. The van der Waals surface area contributed by atoms with Gasteiger partial charge in [-0.25, -0.2) is 0 Å². The first-order valence-electron chi connectivity index (χ1n) is 5.75. The number of ether oxygens (including phenoxy) is 1. The number of aliphatic hydroxyl groups excluding tert-OH is 1. The van der Waals surface area contributed by atoms with E-state index in [2.05, 4.69) is 15.9 Å². The number of hydrogen-bond acceptors (Lipinski definition) is 3. The molecule has 0 aliphatic carbocycles. The van der Waals surface area contributed by atoms with Crippen LogP contribution in [-0.4, -0.2) is 11.7 Å². The molecule has 0 heterocycles. The Morgan fingerprint density at radius 2 is 1.74 bits per heavy atom. The van der Waals surface area contributed by atoms with Crippen LogP contribution in [0.25, 0.3) is 0 Å². The number of nitriles is 1. The lowest BCUT2D eigenvalue weighted by Crippen LogP contribution is -2.09. The van der Waals surface area contributed by atoms with E-state index in [9.17, 15) is 5.11 Å². The van der Waals surface area contributed by atoms with Gasteiger partial charge < -0.3 is 9.84 Å². The van der Waals surface area contributed by atoms with Crippen molar-refractivity contribution in [1.82, 2.24) is 0 Å². The van der Waals surface area contributed by atoms with Crippen molar-refractivity contribution < 1.29 is 9.84 Å². The van der Waals surface area contributed by atoms with Crippen molar-refractivity contribution in [1.29, 1.82) is 5.26 Å². The normalized spacial score (nSPS) is 11.6. The summed E-state index contributed by atoms with van der Waals surface area (Å²) in [6, 6.07) is 16.3. The topological polar surface area (TPSA) is 53.2 Å². The maximum Gasteiger partial charge on any atom is 0.119 e. The van der Waals surface area contributed by atoms with Gasteiger partial charge in [0.1, 0.15) is 18.5 Å². The van der Waals surface area contributed by atoms with Gasteiger partial charge in [0.2, 0.25) is 0 Å². The lowest BCUT2D eigenvalue weighted by molar-refractivity contribution is 0.108. The molecule has 19 heavy (non-hydrogen) atoms. The predicted octanol–water partition coefficient (Wildman–Crippen LogP) is 3.43. The first-order chi connectivity index (χ1) is 9.19. The minimum atomic E-state index is -0.712. The third kappa shape index (κ3) is 3.82. The van der Waals surface area contributed by atoms with E-state index in [0.717, 1.165) is 10.0 Å². The summed E-state index contributed by atoms with van der Waals surface area (Å²) < 4.78 is 6.48. The second-order valence-electron chi connectivity index (χ2n) is 4.01. The molecule has 0 amide bonds. The number of hydrogen-bond donors (Lipinski definition) is 1. The first kappa shape index (κ1) is 13.6. The Bertz CT molecular complexity index is 573. The zero-order valence-corrected chi connectivity index (χ0v) is 11.7. The minimum absolute atomic E-state index is 0.174. The molecule has 0 radical (unpaired) electrons. The molecule has 1 N–H and O–H groups in total. The van der Waals surface area contributed by atoms with E-state index in [-0.39, 0.29) is 6.61 Å². The summed E-state index contributed by atoms with van der Waals surface area (Å²) >= 11 is 3.34. The van der Waals surface area contributed by atoms with Gasteiger partial charge in [-0.1, -0.05) is 28.1 Å². The summed E-state index contributed by atoms with van der Waals surface area (Å²) in [4.78, 5) is 0. The fourth-order valence-corrected chi connectivity index (χ4v) is 1.85. The highest BCUT2D eigenvalue weighted by Crippen LogP contribution is 2.19. The minimum Gasteiger partial charge on any atom is -0.491 e. The van der Waals surface area contributed by atoms with Crippen LogP contribution in [0.3, 0.4) is 0 Å². The van der Waals surface area contributed by atoms with Gasteiger partial charge >= 0.3 is 0 Å². The van der Waals surface area contributed by atoms with E-state index in [0.29, 0.717) is 11.3 Å².